The van der Waals surface area contributed by atoms with Crippen molar-refractivity contribution in [2.45, 2.75) is 19.8 Å². The molecule has 6 nitrogen and oxygen atoms in total. The fourth-order valence-corrected chi connectivity index (χ4v) is 4.09. The highest BCUT2D eigenvalue weighted by Crippen LogP contribution is 2.29. The molecule has 0 aliphatic rings. The average molecular weight is 535 g/mol. The number of esters is 1. The molecule has 1 N–H and O–H groups in total. The van der Waals surface area contributed by atoms with Crippen LogP contribution in [0.5, 0.6) is 11.5 Å². The summed E-state index contributed by atoms with van der Waals surface area (Å²) in [4.78, 5) is 25.1. The molecule has 4 rings (SSSR count). The number of nitrogens with one attached hydrogen (secondary N) is 1. The Morgan fingerprint density at radius 1 is 0.973 bits per heavy atom. The maximum absolute atomic E-state index is 12.8. The quantitative estimate of drug-likeness (QED) is 0.114. The van der Waals surface area contributed by atoms with E-state index >= 15 is 0 Å². The fraction of sp³-hybridized carbons (Fsp3) is 0.138. The van der Waals surface area contributed by atoms with Crippen LogP contribution in [0.4, 0.5) is 0 Å². The number of hydrogen-bond acceptors (Lipinski definition) is 5. The topological polar surface area (TPSA) is 77.0 Å². The largest absolute Gasteiger partial charge is 0.484 e. The van der Waals surface area contributed by atoms with Crippen LogP contribution >= 0.6 is 23.2 Å². The van der Waals surface area contributed by atoms with Gasteiger partial charge in [-0.05, 0) is 58.7 Å². The van der Waals surface area contributed by atoms with Crippen LogP contribution in [0.15, 0.2) is 84.0 Å². The Kier molecular flexibility index (Phi) is 8.43. The summed E-state index contributed by atoms with van der Waals surface area (Å²) in [6.45, 7) is 4.01. The number of hydrazone groups is 1. The van der Waals surface area contributed by atoms with E-state index in [4.69, 9.17) is 32.7 Å². The first kappa shape index (κ1) is 26.2. The van der Waals surface area contributed by atoms with Crippen LogP contribution in [0, 0.1) is 0 Å². The third-order valence-corrected chi connectivity index (χ3v) is 6.13. The number of hydrogen-bond donors (Lipinski definition) is 1. The molecule has 0 aliphatic carbocycles. The molecule has 0 saturated carbocycles. The second-order valence-corrected chi connectivity index (χ2v) is 9.36. The summed E-state index contributed by atoms with van der Waals surface area (Å²) in [6, 6.07) is 23.2. The summed E-state index contributed by atoms with van der Waals surface area (Å²) < 4.78 is 11.2. The Balaban J connectivity index is 1.48. The molecule has 188 valence electrons. The lowest BCUT2D eigenvalue weighted by Gasteiger charge is -2.11. The van der Waals surface area contributed by atoms with Crippen LogP contribution in [-0.2, 0) is 4.79 Å². The summed E-state index contributed by atoms with van der Waals surface area (Å²) in [5.74, 6) is 0.179. The maximum Gasteiger partial charge on any atom is 0.345 e. The molecule has 37 heavy (non-hydrogen) atoms. The van der Waals surface area contributed by atoms with E-state index in [0.29, 0.717) is 22.3 Å². The lowest BCUT2D eigenvalue weighted by atomic mass is 10.0. The van der Waals surface area contributed by atoms with Crippen LogP contribution in [0.25, 0.3) is 10.8 Å². The van der Waals surface area contributed by atoms with Crippen molar-refractivity contribution in [1.82, 2.24) is 5.43 Å². The first-order valence-corrected chi connectivity index (χ1v) is 12.3. The van der Waals surface area contributed by atoms with Crippen molar-refractivity contribution in [3.63, 3.8) is 0 Å². The first-order valence-electron chi connectivity index (χ1n) is 11.6. The van der Waals surface area contributed by atoms with Gasteiger partial charge in [0.25, 0.3) is 5.91 Å². The van der Waals surface area contributed by atoms with E-state index in [2.05, 4.69) is 24.4 Å². The van der Waals surface area contributed by atoms with Gasteiger partial charge in [-0.25, -0.2) is 10.2 Å². The van der Waals surface area contributed by atoms with Gasteiger partial charge in [0.1, 0.15) is 11.5 Å². The second-order valence-electron chi connectivity index (χ2n) is 8.52. The summed E-state index contributed by atoms with van der Waals surface area (Å²) in [5.41, 5.74) is 4.33. The Labute approximate surface area is 224 Å². The smallest absolute Gasteiger partial charge is 0.345 e. The molecule has 0 fully saturated rings. The van der Waals surface area contributed by atoms with Crippen molar-refractivity contribution in [3.05, 3.63) is 106 Å². The fourth-order valence-electron chi connectivity index (χ4n) is 3.61. The molecule has 0 unspecified atom stereocenters. The molecule has 0 spiro atoms. The molecular weight excluding hydrogens is 511 g/mol. The van der Waals surface area contributed by atoms with Gasteiger partial charge in [0.15, 0.2) is 6.61 Å². The Bertz CT molecular complexity index is 1470. The van der Waals surface area contributed by atoms with Gasteiger partial charge in [0.05, 0.1) is 16.8 Å². The highest BCUT2D eigenvalue weighted by Gasteiger charge is 2.16. The van der Waals surface area contributed by atoms with Crippen LogP contribution < -0.4 is 14.9 Å². The number of rotatable bonds is 8. The van der Waals surface area contributed by atoms with Gasteiger partial charge >= 0.3 is 5.97 Å². The van der Waals surface area contributed by atoms with Gasteiger partial charge in [0.2, 0.25) is 0 Å². The third kappa shape index (κ3) is 6.67. The Morgan fingerprint density at radius 3 is 2.46 bits per heavy atom. The zero-order chi connectivity index (χ0) is 26.4. The van der Waals surface area contributed by atoms with Crippen LogP contribution in [-0.4, -0.2) is 24.7 Å². The summed E-state index contributed by atoms with van der Waals surface area (Å²) in [5, 5.41) is 6.36. The number of carbonyl (C=O) groups is 2. The predicted molar refractivity (Wildman–Crippen MR) is 147 cm³/mol. The van der Waals surface area contributed by atoms with Crippen LogP contribution in [0.1, 0.15) is 41.3 Å². The lowest BCUT2D eigenvalue weighted by molar-refractivity contribution is -0.123. The van der Waals surface area contributed by atoms with Crippen molar-refractivity contribution in [2.75, 3.05) is 6.61 Å². The van der Waals surface area contributed by atoms with Crippen molar-refractivity contribution >= 4 is 52.1 Å². The molecular formula is C29H24Cl2N2O4. The van der Waals surface area contributed by atoms with Crippen molar-refractivity contribution in [2.24, 2.45) is 5.10 Å². The molecule has 0 heterocycles. The van der Waals surface area contributed by atoms with Gasteiger partial charge in [-0.3, -0.25) is 4.79 Å². The number of fused-ring (bicyclic) bond motifs is 1. The van der Waals surface area contributed by atoms with E-state index in [0.717, 1.165) is 10.8 Å². The van der Waals surface area contributed by atoms with E-state index in [9.17, 15) is 9.59 Å². The molecule has 4 aromatic carbocycles. The zero-order valence-electron chi connectivity index (χ0n) is 20.2. The number of carbonyl (C=O) groups excluding carboxylic acids is 2. The van der Waals surface area contributed by atoms with Gasteiger partial charge in [0, 0.05) is 10.6 Å². The van der Waals surface area contributed by atoms with Crippen LogP contribution in [0.2, 0.25) is 10.0 Å². The maximum atomic E-state index is 12.8. The standard InChI is InChI=1S/C29H24Cl2N2O4/c1-18(2)19-7-11-22(12-8-19)36-17-28(34)33-32-16-25-23-6-4-3-5-20(23)9-14-27(25)37-29(35)24-13-10-21(30)15-26(24)31/h3-16,18H,17H2,1-2H3,(H,33,34). The second kappa shape index (κ2) is 11.9. The van der Waals surface area contributed by atoms with Crippen molar-refractivity contribution in [3.8, 4) is 11.5 Å². The Hall–Kier alpha value is -3.87. The highest BCUT2D eigenvalue weighted by atomic mass is 35.5. The monoisotopic (exact) mass is 534 g/mol. The first-order chi connectivity index (χ1) is 17.8. The summed E-state index contributed by atoms with van der Waals surface area (Å²) >= 11 is 12.1. The third-order valence-electron chi connectivity index (χ3n) is 5.58. The molecule has 0 saturated heterocycles. The number of ether oxygens (including phenoxy) is 2. The van der Waals surface area contributed by atoms with E-state index in [1.54, 1.807) is 12.1 Å². The van der Waals surface area contributed by atoms with Gasteiger partial charge in [-0.2, -0.15) is 5.10 Å². The minimum absolute atomic E-state index is 0.175. The lowest BCUT2D eigenvalue weighted by Crippen LogP contribution is -2.24. The van der Waals surface area contributed by atoms with Gasteiger partial charge in [-0.15, -0.1) is 0 Å². The minimum Gasteiger partial charge on any atom is -0.484 e. The van der Waals surface area contributed by atoms with Crippen molar-refractivity contribution < 1.29 is 19.1 Å². The van der Waals surface area contributed by atoms with Gasteiger partial charge < -0.3 is 9.47 Å². The number of amides is 1. The minimum atomic E-state index is -0.646. The molecule has 0 radical (unpaired) electrons. The summed E-state index contributed by atoms with van der Waals surface area (Å²) in [7, 11) is 0. The summed E-state index contributed by atoms with van der Waals surface area (Å²) in [6.07, 6.45) is 1.43. The zero-order valence-corrected chi connectivity index (χ0v) is 21.7. The van der Waals surface area contributed by atoms with E-state index in [1.165, 1.54) is 23.9 Å². The Morgan fingerprint density at radius 2 is 1.73 bits per heavy atom. The van der Waals surface area contributed by atoms with E-state index < -0.39 is 11.9 Å². The van der Waals surface area contributed by atoms with Crippen molar-refractivity contribution in [1.29, 1.82) is 0 Å². The van der Waals surface area contributed by atoms with Crippen LogP contribution in [0.3, 0.4) is 0 Å². The highest BCUT2D eigenvalue weighted by molar-refractivity contribution is 6.36. The van der Waals surface area contributed by atoms with E-state index in [-0.39, 0.29) is 22.9 Å². The number of halogens is 2. The normalized spacial score (nSPS) is 11.2. The molecule has 4 aromatic rings. The molecule has 0 aliphatic heterocycles. The van der Waals surface area contributed by atoms with E-state index in [1.807, 2.05) is 54.6 Å². The number of nitrogens with zero attached hydrogens (tertiary/aromatic N) is 1. The number of benzene rings is 4. The average Bonchev–Trinajstić information content (AvgIpc) is 2.88. The SMILES string of the molecule is CC(C)c1ccc(OCC(=O)NN=Cc2c(OC(=O)c3ccc(Cl)cc3Cl)ccc3ccccc23)cc1. The predicted octanol–water partition coefficient (Wildman–Crippen LogP) is 7.02. The molecule has 1 amide bonds. The molecule has 8 heteroatoms. The van der Waals surface area contributed by atoms with Gasteiger partial charge in [-0.1, -0.05) is 79.5 Å². The molecule has 0 atom stereocenters. The molecule has 0 aromatic heterocycles. The molecule has 0 bridgehead atoms.